The molecule has 0 saturated heterocycles. The number of halogens is 2. The second-order valence-electron chi connectivity index (χ2n) is 6.32. The van der Waals surface area contributed by atoms with Gasteiger partial charge in [-0.1, -0.05) is 12.1 Å². The SMILES string of the molecule is CCNC(=NCc1cccc(S(=O)(=O)NCCOC)c1)NCc1cc(F)ccc1F. The molecule has 10 heteroatoms. The summed E-state index contributed by atoms with van der Waals surface area (Å²) in [4.78, 5) is 4.52. The van der Waals surface area contributed by atoms with Crippen molar-refractivity contribution in [2.24, 2.45) is 4.99 Å². The summed E-state index contributed by atoms with van der Waals surface area (Å²) >= 11 is 0. The van der Waals surface area contributed by atoms with Crippen molar-refractivity contribution in [1.29, 1.82) is 0 Å². The van der Waals surface area contributed by atoms with Crippen molar-refractivity contribution in [1.82, 2.24) is 15.4 Å². The van der Waals surface area contributed by atoms with Gasteiger partial charge in [0.25, 0.3) is 0 Å². The number of nitrogens with one attached hydrogen (secondary N) is 3. The van der Waals surface area contributed by atoms with Crippen LogP contribution in [0.1, 0.15) is 18.1 Å². The van der Waals surface area contributed by atoms with Gasteiger partial charge >= 0.3 is 0 Å². The van der Waals surface area contributed by atoms with E-state index in [9.17, 15) is 17.2 Å². The van der Waals surface area contributed by atoms with Crippen LogP contribution < -0.4 is 15.4 Å². The quantitative estimate of drug-likeness (QED) is 0.299. The Balaban J connectivity index is 2.08. The first-order valence-corrected chi connectivity index (χ1v) is 10.9. The summed E-state index contributed by atoms with van der Waals surface area (Å²) in [6.07, 6.45) is 0. The zero-order valence-corrected chi connectivity index (χ0v) is 17.7. The topological polar surface area (TPSA) is 91.8 Å². The molecule has 3 N–H and O–H groups in total. The Kier molecular flexibility index (Phi) is 9.15. The molecule has 2 aromatic rings. The van der Waals surface area contributed by atoms with Crippen molar-refractivity contribution < 1.29 is 21.9 Å². The minimum atomic E-state index is -3.65. The van der Waals surface area contributed by atoms with Crippen molar-refractivity contribution in [3.8, 4) is 0 Å². The van der Waals surface area contributed by atoms with Gasteiger partial charge in [-0.05, 0) is 42.8 Å². The molecule has 0 aliphatic carbocycles. The average Bonchev–Trinajstić information content (AvgIpc) is 2.72. The lowest BCUT2D eigenvalue weighted by Gasteiger charge is -2.12. The molecule has 0 bridgehead atoms. The molecular formula is C20H26F2N4O3S. The third-order valence-corrected chi connectivity index (χ3v) is 5.48. The van der Waals surface area contributed by atoms with E-state index in [0.29, 0.717) is 18.1 Å². The van der Waals surface area contributed by atoms with Gasteiger partial charge in [-0.3, -0.25) is 0 Å². The Morgan fingerprint density at radius 2 is 1.93 bits per heavy atom. The number of guanidine groups is 1. The van der Waals surface area contributed by atoms with Crippen molar-refractivity contribution in [3.05, 3.63) is 65.2 Å². The zero-order chi connectivity index (χ0) is 22.0. The molecular weight excluding hydrogens is 414 g/mol. The monoisotopic (exact) mass is 440 g/mol. The van der Waals surface area contributed by atoms with E-state index in [2.05, 4.69) is 20.3 Å². The fraction of sp³-hybridized carbons (Fsp3) is 0.350. The molecule has 0 unspecified atom stereocenters. The highest BCUT2D eigenvalue weighted by Gasteiger charge is 2.13. The highest BCUT2D eigenvalue weighted by atomic mass is 32.2. The van der Waals surface area contributed by atoms with Gasteiger partial charge in [-0.25, -0.2) is 26.9 Å². The number of rotatable bonds is 10. The van der Waals surface area contributed by atoms with E-state index in [1.165, 1.54) is 19.2 Å². The third kappa shape index (κ3) is 7.36. The molecule has 0 amide bonds. The van der Waals surface area contributed by atoms with Gasteiger partial charge in [-0.15, -0.1) is 0 Å². The number of nitrogens with zero attached hydrogens (tertiary/aromatic N) is 1. The summed E-state index contributed by atoms with van der Waals surface area (Å²) in [5, 5.41) is 5.96. The molecule has 0 atom stereocenters. The standard InChI is InChI=1S/C20H26F2N4O3S/c1-3-23-20(25-14-16-12-17(21)7-8-19(16)22)24-13-15-5-4-6-18(11-15)30(27,28)26-9-10-29-2/h4-8,11-12,26H,3,9-10,13-14H2,1-2H3,(H2,23,24,25). The minimum absolute atomic E-state index is 0.0489. The Morgan fingerprint density at radius 1 is 1.13 bits per heavy atom. The molecule has 30 heavy (non-hydrogen) atoms. The molecule has 0 fully saturated rings. The molecule has 7 nitrogen and oxygen atoms in total. The summed E-state index contributed by atoms with van der Waals surface area (Å²) in [7, 11) is -2.15. The zero-order valence-electron chi connectivity index (χ0n) is 16.9. The van der Waals surface area contributed by atoms with Crippen LogP contribution in [0, 0.1) is 11.6 Å². The lowest BCUT2D eigenvalue weighted by molar-refractivity contribution is 0.204. The Hall–Kier alpha value is -2.56. The van der Waals surface area contributed by atoms with E-state index in [1.54, 1.807) is 12.1 Å². The normalized spacial score (nSPS) is 12.1. The number of aliphatic imine (C=N–C) groups is 1. The summed E-state index contributed by atoms with van der Waals surface area (Å²) in [5.41, 5.74) is 0.856. The molecule has 0 heterocycles. The number of hydrogen-bond acceptors (Lipinski definition) is 4. The van der Waals surface area contributed by atoms with Gasteiger partial charge in [0, 0.05) is 32.3 Å². The van der Waals surface area contributed by atoms with Crippen LogP contribution >= 0.6 is 0 Å². The van der Waals surface area contributed by atoms with Crippen molar-refractivity contribution >= 4 is 16.0 Å². The summed E-state index contributed by atoms with van der Waals surface area (Å²) in [6, 6.07) is 9.68. The van der Waals surface area contributed by atoms with Crippen LogP contribution in [0.4, 0.5) is 8.78 Å². The first-order chi connectivity index (χ1) is 14.4. The smallest absolute Gasteiger partial charge is 0.240 e. The van der Waals surface area contributed by atoms with Gasteiger partial charge in [0.1, 0.15) is 11.6 Å². The fourth-order valence-corrected chi connectivity index (χ4v) is 3.63. The minimum Gasteiger partial charge on any atom is -0.383 e. The molecule has 0 saturated carbocycles. The van der Waals surface area contributed by atoms with Crippen LogP contribution in [0.25, 0.3) is 0 Å². The van der Waals surface area contributed by atoms with E-state index in [-0.39, 0.29) is 36.7 Å². The van der Waals surface area contributed by atoms with Crippen LogP contribution in [-0.4, -0.2) is 41.2 Å². The lowest BCUT2D eigenvalue weighted by atomic mass is 10.2. The number of benzene rings is 2. The fourth-order valence-electron chi connectivity index (χ4n) is 2.54. The number of hydrogen-bond donors (Lipinski definition) is 3. The third-order valence-electron chi connectivity index (χ3n) is 4.03. The molecule has 0 aliphatic heterocycles. The van der Waals surface area contributed by atoms with Gasteiger partial charge in [0.05, 0.1) is 18.0 Å². The molecule has 0 aliphatic rings. The molecule has 0 spiro atoms. The van der Waals surface area contributed by atoms with Gasteiger partial charge in [0.15, 0.2) is 5.96 Å². The maximum Gasteiger partial charge on any atom is 0.240 e. The molecule has 164 valence electrons. The van der Waals surface area contributed by atoms with Gasteiger partial charge in [-0.2, -0.15) is 0 Å². The van der Waals surface area contributed by atoms with E-state index < -0.39 is 21.7 Å². The number of sulfonamides is 1. The maximum atomic E-state index is 13.8. The first kappa shape index (κ1) is 23.7. The second-order valence-corrected chi connectivity index (χ2v) is 8.09. The van der Waals surface area contributed by atoms with Crippen LogP contribution in [0.5, 0.6) is 0 Å². The summed E-state index contributed by atoms with van der Waals surface area (Å²) in [5.74, 6) is -0.640. The van der Waals surface area contributed by atoms with Gasteiger partial charge in [0.2, 0.25) is 10.0 Å². The largest absolute Gasteiger partial charge is 0.383 e. The maximum absolute atomic E-state index is 13.8. The number of ether oxygens (including phenoxy) is 1. The molecule has 2 aromatic carbocycles. The van der Waals surface area contributed by atoms with Crippen LogP contribution in [0.2, 0.25) is 0 Å². The van der Waals surface area contributed by atoms with Crippen LogP contribution in [0.15, 0.2) is 52.4 Å². The van der Waals surface area contributed by atoms with Crippen molar-refractivity contribution in [2.45, 2.75) is 24.9 Å². The Bertz CT molecular complexity index is 968. The predicted octanol–water partition coefficient (Wildman–Crippen LogP) is 2.14. The molecule has 0 radical (unpaired) electrons. The highest BCUT2D eigenvalue weighted by molar-refractivity contribution is 7.89. The Labute approximate surface area is 175 Å². The van der Waals surface area contributed by atoms with E-state index in [1.807, 2.05) is 6.92 Å². The second kappa shape index (κ2) is 11.6. The highest BCUT2D eigenvalue weighted by Crippen LogP contribution is 2.13. The van der Waals surface area contributed by atoms with E-state index in [0.717, 1.165) is 18.2 Å². The molecule has 2 rings (SSSR count). The van der Waals surface area contributed by atoms with Crippen molar-refractivity contribution in [3.63, 3.8) is 0 Å². The first-order valence-electron chi connectivity index (χ1n) is 9.39. The predicted molar refractivity (Wildman–Crippen MR) is 112 cm³/mol. The van der Waals surface area contributed by atoms with Crippen LogP contribution in [-0.2, 0) is 27.8 Å². The van der Waals surface area contributed by atoms with Gasteiger partial charge < -0.3 is 15.4 Å². The summed E-state index contributed by atoms with van der Waals surface area (Å²) < 4.78 is 59.1. The van der Waals surface area contributed by atoms with Crippen LogP contribution in [0.3, 0.4) is 0 Å². The van der Waals surface area contributed by atoms with E-state index in [4.69, 9.17) is 4.74 Å². The van der Waals surface area contributed by atoms with Crippen molar-refractivity contribution in [2.75, 3.05) is 26.8 Å². The average molecular weight is 441 g/mol. The Morgan fingerprint density at radius 3 is 2.67 bits per heavy atom. The van der Waals surface area contributed by atoms with E-state index >= 15 is 0 Å². The number of methoxy groups -OCH3 is 1. The molecule has 0 aromatic heterocycles. The summed E-state index contributed by atoms with van der Waals surface area (Å²) in [6.45, 7) is 3.13. The lowest BCUT2D eigenvalue weighted by Crippen LogP contribution is -2.37.